The lowest BCUT2D eigenvalue weighted by molar-refractivity contribution is 0.101. The Hall–Kier alpha value is -2.34. The molecule has 0 saturated heterocycles. The van der Waals surface area contributed by atoms with Crippen LogP contribution in [-0.4, -0.2) is 12.4 Å². The molecule has 0 bridgehead atoms. The third-order valence-corrected chi connectivity index (χ3v) is 3.19. The number of unbranched alkanes of at least 4 members (excludes halogenated alkanes) is 2. The number of carbonyl (C=O) groups excluding carboxylic acids is 1. The van der Waals surface area contributed by atoms with Gasteiger partial charge in [-0.05, 0) is 31.2 Å². The monoisotopic (exact) mass is 267 g/mol. The molecule has 0 N–H and O–H groups in total. The van der Waals surface area contributed by atoms with Crippen LogP contribution in [0.5, 0.6) is 5.75 Å². The normalized spacial score (nSPS) is 10.2. The molecule has 0 aliphatic heterocycles. The maximum absolute atomic E-state index is 11.7. The molecule has 3 heteroatoms. The summed E-state index contributed by atoms with van der Waals surface area (Å²) < 4.78 is 5.83. The molecule has 2 aromatic carbocycles. The van der Waals surface area contributed by atoms with Crippen LogP contribution in [0.2, 0.25) is 0 Å². The second-order valence-corrected chi connectivity index (χ2v) is 4.68. The zero-order chi connectivity index (χ0) is 14.4. The summed E-state index contributed by atoms with van der Waals surface area (Å²) in [5.74, 6) is 0.662. The van der Waals surface area contributed by atoms with Crippen LogP contribution in [0.15, 0.2) is 36.4 Å². The van der Waals surface area contributed by atoms with Gasteiger partial charge in [0.05, 0.1) is 18.2 Å². The molecule has 0 radical (unpaired) electrons. The first-order valence-corrected chi connectivity index (χ1v) is 6.76. The van der Waals surface area contributed by atoms with Crippen molar-refractivity contribution in [2.24, 2.45) is 0 Å². The van der Waals surface area contributed by atoms with Crippen LogP contribution in [0, 0.1) is 11.3 Å². The molecule has 2 rings (SSSR count). The average molecular weight is 267 g/mol. The zero-order valence-electron chi connectivity index (χ0n) is 11.6. The highest BCUT2D eigenvalue weighted by Gasteiger charge is 2.12. The fraction of sp³-hybridized carbons (Fsp3) is 0.294. The number of ketones is 1. The quantitative estimate of drug-likeness (QED) is 0.584. The van der Waals surface area contributed by atoms with Gasteiger partial charge in [-0.2, -0.15) is 5.26 Å². The Balaban J connectivity index is 2.26. The van der Waals surface area contributed by atoms with Gasteiger partial charge in [0.1, 0.15) is 5.75 Å². The fourth-order valence-electron chi connectivity index (χ4n) is 2.16. The van der Waals surface area contributed by atoms with Gasteiger partial charge in [0.25, 0.3) is 0 Å². The minimum absolute atomic E-state index is 0.00257. The summed E-state index contributed by atoms with van der Waals surface area (Å²) in [5.41, 5.74) is 0.615. The fourth-order valence-corrected chi connectivity index (χ4v) is 2.16. The molecule has 102 valence electrons. The second-order valence-electron chi connectivity index (χ2n) is 4.68. The first kappa shape index (κ1) is 14.1. The largest absolute Gasteiger partial charge is 0.492 e. The van der Waals surface area contributed by atoms with Crippen molar-refractivity contribution in [2.75, 3.05) is 6.61 Å². The first-order chi connectivity index (χ1) is 9.74. The van der Waals surface area contributed by atoms with Crippen molar-refractivity contribution in [3.05, 3.63) is 42.0 Å². The summed E-state index contributed by atoms with van der Waals surface area (Å²) in [6.07, 6.45) is 2.17. The van der Waals surface area contributed by atoms with Gasteiger partial charge in [0.2, 0.25) is 0 Å². The summed E-state index contributed by atoms with van der Waals surface area (Å²) in [6.45, 7) is 2.07. The van der Waals surface area contributed by atoms with Gasteiger partial charge in [0, 0.05) is 11.8 Å². The number of hydrogen-bond acceptors (Lipinski definition) is 3. The van der Waals surface area contributed by atoms with Gasteiger partial charge in [-0.3, -0.25) is 4.79 Å². The van der Waals surface area contributed by atoms with E-state index < -0.39 is 0 Å². The van der Waals surface area contributed by atoms with E-state index in [0.29, 0.717) is 24.3 Å². The summed E-state index contributed by atoms with van der Waals surface area (Å²) in [4.78, 5) is 11.7. The SMILES string of the molecule is CC(=O)c1ccc2ccccc2c1OCCCCC#N. The lowest BCUT2D eigenvalue weighted by Crippen LogP contribution is -2.03. The number of nitriles is 1. The molecular formula is C17H17NO2. The summed E-state index contributed by atoms with van der Waals surface area (Å²) in [5, 5.41) is 10.5. The van der Waals surface area contributed by atoms with E-state index in [1.165, 1.54) is 0 Å². The highest BCUT2D eigenvalue weighted by molar-refractivity contribution is 6.03. The number of hydrogen-bond donors (Lipinski definition) is 0. The molecule has 0 unspecified atom stereocenters. The van der Waals surface area contributed by atoms with E-state index in [9.17, 15) is 4.79 Å². The van der Waals surface area contributed by atoms with Crippen molar-refractivity contribution >= 4 is 16.6 Å². The van der Waals surface area contributed by atoms with Crippen molar-refractivity contribution in [2.45, 2.75) is 26.2 Å². The van der Waals surface area contributed by atoms with Crippen molar-refractivity contribution in [3.8, 4) is 11.8 Å². The van der Waals surface area contributed by atoms with Crippen molar-refractivity contribution in [3.63, 3.8) is 0 Å². The Morgan fingerprint density at radius 3 is 2.75 bits per heavy atom. The second kappa shape index (κ2) is 6.72. The summed E-state index contributed by atoms with van der Waals surface area (Å²) >= 11 is 0. The van der Waals surface area contributed by atoms with Crippen molar-refractivity contribution in [1.82, 2.24) is 0 Å². The maximum Gasteiger partial charge on any atom is 0.163 e. The number of benzene rings is 2. The van der Waals surface area contributed by atoms with Crippen LogP contribution in [0.4, 0.5) is 0 Å². The molecule has 0 fully saturated rings. The van der Waals surface area contributed by atoms with Gasteiger partial charge >= 0.3 is 0 Å². The number of carbonyl (C=O) groups is 1. The van der Waals surface area contributed by atoms with Gasteiger partial charge in [-0.25, -0.2) is 0 Å². The number of Topliss-reactive ketones (excluding diaryl/α,β-unsaturated/α-hetero) is 1. The molecule has 0 atom stereocenters. The highest BCUT2D eigenvalue weighted by atomic mass is 16.5. The molecule has 0 heterocycles. The highest BCUT2D eigenvalue weighted by Crippen LogP contribution is 2.30. The van der Waals surface area contributed by atoms with E-state index >= 15 is 0 Å². The van der Waals surface area contributed by atoms with Crippen LogP contribution >= 0.6 is 0 Å². The third kappa shape index (κ3) is 3.16. The van der Waals surface area contributed by atoms with Crippen LogP contribution in [0.1, 0.15) is 36.5 Å². The lowest BCUT2D eigenvalue weighted by Gasteiger charge is -2.12. The van der Waals surface area contributed by atoms with Crippen molar-refractivity contribution in [1.29, 1.82) is 5.26 Å². The van der Waals surface area contributed by atoms with Crippen molar-refractivity contribution < 1.29 is 9.53 Å². The van der Waals surface area contributed by atoms with Crippen LogP contribution in [0.3, 0.4) is 0 Å². The minimum Gasteiger partial charge on any atom is -0.492 e. The predicted molar refractivity (Wildman–Crippen MR) is 78.9 cm³/mol. The molecule has 0 amide bonds. The van der Waals surface area contributed by atoms with Crippen LogP contribution in [-0.2, 0) is 0 Å². The van der Waals surface area contributed by atoms with E-state index in [-0.39, 0.29) is 5.78 Å². The summed E-state index contributed by atoms with van der Waals surface area (Å²) in [7, 11) is 0. The van der Waals surface area contributed by atoms with E-state index in [2.05, 4.69) is 6.07 Å². The molecule has 0 aromatic heterocycles. The Bertz CT molecular complexity index is 656. The molecule has 0 aliphatic rings. The van der Waals surface area contributed by atoms with Gasteiger partial charge < -0.3 is 4.74 Å². The van der Waals surface area contributed by atoms with Gasteiger partial charge in [0.15, 0.2) is 5.78 Å². The van der Waals surface area contributed by atoms with E-state index in [4.69, 9.17) is 10.00 Å². The Kier molecular flexibility index (Phi) is 4.73. The van der Waals surface area contributed by atoms with Crippen LogP contribution < -0.4 is 4.74 Å². The Morgan fingerprint density at radius 2 is 2.00 bits per heavy atom. The Morgan fingerprint density at radius 1 is 1.20 bits per heavy atom. The number of nitrogens with zero attached hydrogens (tertiary/aromatic N) is 1. The zero-order valence-corrected chi connectivity index (χ0v) is 11.6. The molecule has 0 saturated carbocycles. The van der Waals surface area contributed by atoms with E-state index in [1.807, 2.05) is 36.4 Å². The molecule has 2 aromatic rings. The standard InChI is InChI=1S/C17H17NO2/c1-13(19)15-10-9-14-7-3-4-8-16(14)17(15)20-12-6-2-5-11-18/h3-4,7-10H,2,5-6,12H2,1H3. The third-order valence-electron chi connectivity index (χ3n) is 3.19. The summed E-state index contributed by atoms with van der Waals surface area (Å²) in [6, 6.07) is 13.7. The smallest absolute Gasteiger partial charge is 0.163 e. The topological polar surface area (TPSA) is 50.1 Å². The van der Waals surface area contributed by atoms with Crippen LogP contribution in [0.25, 0.3) is 10.8 Å². The molecular weight excluding hydrogens is 250 g/mol. The minimum atomic E-state index is 0.00257. The number of rotatable bonds is 6. The molecule has 0 spiro atoms. The predicted octanol–water partition coefficient (Wildman–Crippen LogP) is 4.12. The van der Waals surface area contributed by atoms with Gasteiger partial charge in [-0.1, -0.05) is 30.3 Å². The first-order valence-electron chi connectivity index (χ1n) is 6.76. The average Bonchev–Trinajstić information content (AvgIpc) is 2.46. The maximum atomic E-state index is 11.7. The number of fused-ring (bicyclic) bond motifs is 1. The Labute approximate surface area is 118 Å². The van der Waals surface area contributed by atoms with Gasteiger partial charge in [-0.15, -0.1) is 0 Å². The van der Waals surface area contributed by atoms with E-state index in [1.54, 1.807) is 6.92 Å². The molecule has 0 aliphatic carbocycles. The number of ether oxygens (including phenoxy) is 1. The molecule has 20 heavy (non-hydrogen) atoms. The lowest BCUT2D eigenvalue weighted by atomic mass is 10.0. The molecule has 3 nitrogen and oxygen atoms in total. The van der Waals surface area contributed by atoms with E-state index in [0.717, 1.165) is 23.6 Å².